The van der Waals surface area contributed by atoms with Crippen LogP contribution in [0.3, 0.4) is 0 Å². The van der Waals surface area contributed by atoms with Gasteiger partial charge in [-0.05, 0) is 44.7 Å². The number of piperidine rings is 1. The van der Waals surface area contributed by atoms with Gasteiger partial charge in [0.1, 0.15) is 0 Å². The van der Waals surface area contributed by atoms with E-state index >= 15 is 0 Å². The molecule has 9 nitrogen and oxygen atoms in total. The highest BCUT2D eigenvalue weighted by Crippen LogP contribution is 2.32. The van der Waals surface area contributed by atoms with Crippen LogP contribution in [0.1, 0.15) is 32.7 Å². The van der Waals surface area contributed by atoms with E-state index in [2.05, 4.69) is 46.1 Å². The third-order valence-electron chi connectivity index (χ3n) is 6.39. The standard InChI is InChI=1S/C24H29N7O2/c1-16(2)31-22-20(14-27-30-15-19(11-21(22)30)18-5-4-8-25-13-18)23(28-31)26-12-17-6-9-29(10-7-17)24(32)33-3/h4-5,8,11,13-17H,6-7,9-10,12H2,1-3H3,(H,26,28). The molecule has 4 aromatic heterocycles. The molecule has 33 heavy (non-hydrogen) atoms. The fourth-order valence-corrected chi connectivity index (χ4v) is 4.55. The molecule has 1 saturated heterocycles. The topological polar surface area (TPSA) is 89.6 Å². The molecular weight excluding hydrogens is 418 g/mol. The summed E-state index contributed by atoms with van der Waals surface area (Å²) in [5, 5.41) is 14.2. The molecule has 1 aliphatic rings. The highest BCUT2D eigenvalue weighted by atomic mass is 16.5. The average Bonchev–Trinajstić information content (AvgIpc) is 3.45. The first-order valence-electron chi connectivity index (χ1n) is 11.4. The van der Waals surface area contributed by atoms with E-state index < -0.39 is 0 Å². The molecule has 9 heteroatoms. The Morgan fingerprint density at radius 2 is 2.06 bits per heavy atom. The first kappa shape index (κ1) is 21.2. The molecule has 0 spiro atoms. The number of amides is 1. The number of rotatable bonds is 5. The van der Waals surface area contributed by atoms with Gasteiger partial charge in [0.15, 0.2) is 5.82 Å². The summed E-state index contributed by atoms with van der Waals surface area (Å²) in [4.78, 5) is 17.7. The van der Waals surface area contributed by atoms with Crippen molar-refractivity contribution in [1.29, 1.82) is 0 Å². The van der Waals surface area contributed by atoms with Gasteiger partial charge in [-0.3, -0.25) is 9.67 Å². The molecule has 1 amide bonds. The Morgan fingerprint density at radius 3 is 2.76 bits per heavy atom. The number of carbonyl (C=O) groups is 1. The van der Waals surface area contributed by atoms with Crippen molar-refractivity contribution in [2.45, 2.75) is 32.7 Å². The zero-order chi connectivity index (χ0) is 22.9. The molecule has 4 aromatic rings. The second kappa shape index (κ2) is 8.73. The molecule has 5 heterocycles. The van der Waals surface area contributed by atoms with Crippen LogP contribution in [0.2, 0.25) is 0 Å². The molecule has 172 valence electrons. The molecule has 1 aliphatic heterocycles. The first-order valence-corrected chi connectivity index (χ1v) is 11.4. The number of anilines is 1. The molecule has 1 fully saturated rings. The highest BCUT2D eigenvalue weighted by molar-refractivity contribution is 6.00. The molecule has 5 rings (SSSR count). The van der Waals surface area contributed by atoms with Crippen molar-refractivity contribution >= 4 is 28.3 Å². The number of fused-ring (bicyclic) bond motifs is 3. The lowest BCUT2D eigenvalue weighted by atomic mass is 9.97. The Bertz CT molecular complexity index is 1270. The van der Waals surface area contributed by atoms with E-state index in [4.69, 9.17) is 9.84 Å². The Hall–Kier alpha value is -3.62. The predicted octanol–water partition coefficient (Wildman–Crippen LogP) is 4.22. The van der Waals surface area contributed by atoms with Crippen molar-refractivity contribution in [2.24, 2.45) is 5.92 Å². The van der Waals surface area contributed by atoms with Crippen LogP contribution in [0.4, 0.5) is 10.6 Å². The number of ether oxygens (including phenoxy) is 1. The fourth-order valence-electron chi connectivity index (χ4n) is 4.55. The first-order chi connectivity index (χ1) is 16.0. The van der Waals surface area contributed by atoms with Gasteiger partial charge in [0.25, 0.3) is 0 Å². The van der Waals surface area contributed by atoms with E-state index in [0.717, 1.165) is 65.8 Å². The third-order valence-corrected chi connectivity index (χ3v) is 6.39. The normalized spacial score (nSPS) is 15.0. The maximum atomic E-state index is 11.7. The van der Waals surface area contributed by atoms with Crippen LogP contribution in [-0.4, -0.2) is 62.1 Å². The van der Waals surface area contributed by atoms with Gasteiger partial charge in [-0.2, -0.15) is 10.2 Å². The molecule has 0 bridgehead atoms. The van der Waals surface area contributed by atoms with Crippen LogP contribution >= 0.6 is 0 Å². The van der Waals surface area contributed by atoms with Crippen LogP contribution in [0.25, 0.3) is 27.5 Å². The summed E-state index contributed by atoms with van der Waals surface area (Å²) in [5.74, 6) is 1.33. The Morgan fingerprint density at radius 1 is 1.24 bits per heavy atom. The van der Waals surface area contributed by atoms with Crippen LogP contribution in [-0.2, 0) is 4.74 Å². The summed E-state index contributed by atoms with van der Waals surface area (Å²) >= 11 is 0. The summed E-state index contributed by atoms with van der Waals surface area (Å²) in [5.41, 5.74) is 4.22. The van der Waals surface area contributed by atoms with Gasteiger partial charge < -0.3 is 15.0 Å². The maximum absolute atomic E-state index is 11.7. The number of hydrogen-bond acceptors (Lipinski definition) is 6. The maximum Gasteiger partial charge on any atom is 0.409 e. The van der Waals surface area contributed by atoms with E-state index in [0.29, 0.717) is 5.92 Å². The molecule has 0 aromatic carbocycles. The van der Waals surface area contributed by atoms with Crippen molar-refractivity contribution in [2.75, 3.05) is 32.1 Å². The zero-order valence-corrected chi connectivity index (χ0v) is 19.2. The van der Waals surface area contributed by atoms with Crippen LogP contribution in [0.15, 0.2) is 43.0 Å². The fraction of sp³-hybridized carbons (Fsp3) is 0.417. The smallest absolute Gasteiger partial charge is 0.409 e. The van der Waals surface area contributed by atoms with Crippen molar-refractivity contribution in [3.8, 4) is 11.1 Å². The molecule has 0 aliphatic carbocycles. The quantitative estimate of drug-likeness (QED) is 0.493. The predicted molar refractivity (Wildman–Crippen MR) is 127 cm³/mol. The van der Waals surface area contributed by atoms with Gasteiger partial charge in [0.2, 0.25) is 0 Å². The third kappa shape index (κ3) is 3.99. The van der Waals surface area contributed by atoms with Crippen molar-refractivity contribution in [3.63, 3.8) is 0 Å². The monoisotopic (exact) mass is 447 g/mol. The summed E-state index contributed by atoms with van der Waals surface area (Å²) in [7, 11) is 1.43. The molecular formula is C24H29N7O2. The molecule has 1 N–H and O–H groups in total. The van der Waals surface area contributed by atoms with Gasteiger partial charge in [-0.1, -0.05) is 6.07 Å². The lowest BCUT2D eigenvalue weighted by Gasteiger charge is -2.30. The van der Waals surface area contributed by atoms with Crippen LogP contribution in [0, 0.1) is 5.92 Å². The van der Waals surface area contributed by atoms with Crippen molar-refractivity contribution in [1.82, 2.24) is 29.3 Å². The number of aromatic nitrogens is 5. The molecule has 0 atom stereocenters. The minimum atomic E-state index is -0.240. The second-order valence-electron chi connectivity index (χ2n) is 8.88. The second-order valence-corrected chi connectivity index (χ2v) is 8.88. The highest BCUT2D eigenvalue weighted by Gasteiger charge is 2.24. The summed E-state index contributed by atoms with van der Waals surface area (Å²) in [6.07, 6.45) is 9.22. The van der Waals surface area contributed by atoms with E-state index in [9.17, 15) is 4.79 Å². The van der Waals surface area contributed by atoms with E-state index in [1.54, 1.807) is 11.1 Å². The van der Waals surface area contributed by atoms with Gasteiger partial charge in [-0.15, -0.1) is 0 Å². The largest absolute Gasteiger partial charge is 0.453 e. The molecule has 0 saturated carbocycles. The summed E-state index contributed by atoms with van der Waals surface area (Å²) in [6.45, 7) is 6.54. The number of nitrogens with zero attached hydrogens (tertiary/aromatic N) is 6. The van der Waals surface area contributed by atoms with Gasteiger partial charge in [0.05, 0.1) is 29.7 Å². The average molecular weight is 448 g/mol. The lowest BCUT2D eigenvalue weighted by molar-refractivity contribution is 0.107. The number of nitrogens with one attached hydrogen (secondary N) is 1. The number of likely N-dealkylation sites (tertiary alicyclic amines) is 1. The summed E-state index contributed by atoms with van der Waals surface area (Å²) in [6, 6.07) is 6.35. The number of pyridine rings is 1. The van der Waals surface area contributed by atoms with Gasteiger partial charge >= 0.3 is 6.09 Å². The Balaban J connectivity index is 1.42. The molecule has 0 unspecified atom stereocenters. The summed E-state index contributed by atoms with van der Waals surface area (Å²) < 4.78 is 8.82. The van der Waals surface area contributed by atoms with E-state index in [1.165, 1.54) is 7.11 Å². The van der Waals surface area contributed by atoms with Crippen LogP contribution in [0.5, 0.6) is 0 Å². The SMILES string of the molecule is COC(=O)N1CCC(CNc2nn(C(C)C)c3c2cnn2cc(-c4cccnc4)cc32)CC1. The minimum absolute atomic E-state index is 0.203. The lowest BCUT2D eigenvalue weighted by Crippen LogP contribution is -2.39. The van der Waals surface area contributed by atoms with Gasteiger partial charge in [0, 0.05) is 55.4 Å². The van der Waals surface area contributed by atoms with Gasteiger partial charge in [-0.25, -0.2) is 9.31 Å². The number of carbonyl (C=O) groups excluding carboxylic acids is 1. The van der Waals surface area contributed by atoms with Crippen LogP contribution < -0.4 is 5.32 Å². The van der Waals surface area contributed by atoms with E-state index in [-0.39, 0.29) is 12.1 Å². The van der Waals surface area contributed by atoms with Crippen molar-refractivity contribution in [3.05, 3.63) is 43.0 Å². The number of hydrogen-bond donors (Lipinski definition) is 1. The Labute approximate surface area is 192 Å². The number of methoxy groups -OCH3 is 1. The minimum Gasteiger partial charge on any atom is -0.453 e. The van der Waals surface area contributed by atoms with Crippen molar-refractivity contribution < 1.29 is 9.53 Å². The zero-order valence-electron chi connectivity index (χ0n) is 19.2. The molecule has 0 radical (unpaired) electrons. The Kier molecular flexibility index (Phi) is 5.62. The van der Waals surface area contributed by atoms with E-state index in [1.807, 2.05) is 29.2 Å².